The van der Waals surface area contributed by atoms with E-state index in [1.54, 1.807) is 14.2 Å². The van der Waals surface area contributed by atoms with Gasteiger partial charge in [-0.3, -0.25) is 0 Å². The molecule has 0 saturated heterocycles. The lowest BCUT2D eigenvalue weighted by molar-refractivity contribution is -0.190. The van der Waals surface area contributed by atoms with Crippen LogP contribution < -0.4 is 0 Å². The van der Waals surface area contributed by atoms with Crippen LogP contribution in [0.3, 0.4) is 0 Å². The molecule has 0 radical (unpaired) electrons. The fraction of sp³-hybridized carbons (Fsp3) is 1.00. The van der Waals surface area contributed by atoms with Crippen molar-refractivity contribution in [2.45, 2.75) is 58.7 Å². The molecule has 16 heavy (non-hydrogen) atoms. The van der Waals surface area contributed by atoms with Crippen LogP contribution in [0.1, 0.15) is 34.1 Å². The van der Waals surface area contributed by atoms with Crippen molar-refractivity contribution in [2.24, 2.45) is 0 Å². The van der Waals surface area contributed by atoms with Crippen LogP contribution in [0.4, 0.5) is 0 Å². The van der Waals surface area contributed by atoms with Gasteiger partial charge in [0, 0.05) is 20.8 Å². The van der Waals surface area contributed by atoms with E-state index in [2.05, 4.69) is 6.92 Å². The van der Waals surface area contributed by atoms with Crippen molar-refractivity contribution in [3.05, 3.63) is 0 Å². The molecule has 0 aromatic carbocycles. The quantitative estimate of drug-likeness (QED) is 0.573. The maximum atomic E-state index is 5.65. The van der Waals surface area contributed by atoms with E-state index in [9.17, 15) is 0 Å². The number of methoxy groups -OCH3 is 2. The van der Waals surface area contributed by atoms with Crippen LogP contribution in [0.25, 0.3) is 0 Å². The maximum Gasteiger partial charge on any atom is 0.154 e. The molecule has 0 heterocycles. The zero-order valence-corrected chi connectivity index (χ0v) is 11.4. The third-order valence-electron chi connectivity index (χ3n) is 2.62. The predicted molar refractivity (Wildman–Crippen MR) is 63.5 cm³/mol. The molecule has 0 amide bonds. The van der Waals surface area contributed by atoms with Gasteiger partial charge in [-0.05, 0) is 27.2 Å². The molecule has 4 atom stereocenters. The van der Waals surface area contributed by atoms with Crippen molar-refractivity contribution in [2.75, 3.05) is 20.8 Å². The Balaban J connectivity index is 4.32. The van der Waals surface area contributed by atoms with Crippen molar-refractivity contribution < 1.29 is 18.9 Å². The molecule has 0 aromatic rings. The second kappa shape index (κ2) is 8.93. The lowest BCUT2D eigenvalue weighted by atomic mass is 10.1. The monoisotopic (exact) mass is 234 g/mol. The molecular formula is C12H26O4. The molecule has 3 unspecified atom stereocenters. The van der Waals surface area contributed by atoms with Gasteiger partial charge in [0.05, 0.1) is 12.2 Å². The van der Waals surface area contributed by atoms with Gasteiger partial charge in [0.1, 0.15) is 6.10 Å². The third-order valence-corrected chi connectivity index (χ3v) is 2.62. The fourth-order valence-corrected chi connectivity index (χ4v) is 1.74. The van der Waals surface area contributed by atoms with E-state index in [1.807, 2.05) is 20.8 Å². The standard InChI is InChI=1S/C12H26O4/c1-7-11(15-8-2)12(14-6)9(3)16-10(4)13-5/h9-12H,7-8H2,1-6H3/t9?,10?,11?,12-/m1/s1. The zero-order valence-electron chi connectivity index (χ0n) is 11.4. The van der Waals surface area contributed by atoms with Crippen LogP contribution in [-0.2, 0) is 18.9 Å². The molecule has 0 fully saturated rings. The summed E-state index contributed by atoms with van der Waals surface area (Å²) in [5.74, 6) is 0. The molecule has 0 aliphatic rings. The molecule has 0 aromatic heterocycles. The molecule has 0 rings (SSSR count). The van der Waals surface area contributed by atoms with Crippen molar-refractivity contribution in [3.8, 4) is 0 Å². The molecule has 98 valence electrons. The predicted octanol–water partition coefficient (Wildman–Crippen LogP) is 2.21. The summed E-state index contributed by atoms with van der Waals surface area (Å²) < 4.78 is 21.8. The second-order valence-electron chi connectivity index (χ2n) is 3.75. The lowest BCUT2D eigenvalue weighted by Gasteiger charge is -2.31. The number of hydrogen-bond donors (Lipinski definition) is 0. The first-order valence-corrected chi connectivity index (χ1v) is 5.93. The minimum atomic E-state index is -0.230. The summed E-state index contributed by atoms with van der Waals surface area (Å²) in [6.07, 6.45) is 0.612. The fourth-order valence-electron chi connectivity index (χ4n) is 1.74. The second-order valence-corrected chi connectivity index (χ2v) is 3.75. The van der Waals surface area contributed by atoms with Crippen LogP contribution in [0.15, 0.2) is 0 Å². The summed E-state index contributed by atoms with van der Waals surface area (Å²) in [5.41, 5.74) is 0. The van der Waals surface area contributed by atoms with Crippen LogP contribution in [0, 0.1) is 0 Å². The van der Waals surface area contributed by atoms with Gasteiger partial charge in [-0.2, -0.15) is 0 Å². The SMILES string of the molecule is CCOC(CC)[C@H](OC)C(C)OC(C)OC. The lowest BCUT2D eigenvalue weighted by Crippen LogP contribution is -2.41. The van der Waals surface area contributed by atoms with E-state index in [4.69, 9.17) is 18.9 Å². The van der Waals surface area contributed by atoms with Gasteiger partial charge in [0.15, 0.2) is 6.29 Å². The van der Waals surface area contributed by atoms with Gasteiger partial charge < -0.3 is 18.9 Å². The highest BCUT2D eigenvalue weighted by Crippen LogP contribution is 2.15. The molecule has 0 saturated carbocycles. The summed E-state index contributed by atoms with van der Waals surface area (Å²) in [6, 6.07) is 0. The smallest absolute Gasteiger partial charge is 0.154 e. The van der Waals surface area contributed by atoms with E-state index in [-0.39, 0.29) is 24.6 Å². The highest BCUT2D eigenvalue weighted by atomic mass is 16.7. The van der Waals surface area contributed by atoms with Crippen molar-refractivity contribution in [3.63, 3.8) is 0 Å². The Morgan fingerprint density at radius 3 is 2.00 bits per heavy atom. The Bertz CT molecular complexity index is 163. The number of ether oxygens (including phenoxy) is 4. The summed E-state index contributed by atoms with van der Waals surface area (Å²) in [5, 5.41) is 0. The van der Waals surface area contributed by atoms with E-state index in [0.29, 0.717) is 6.61 Å². The average molecular weight is 234 g/mol. The molecule has 4 nitrogen and oxygen atoms in total. The Kier molecular flexibility index (Phi) is 8.84. The Hall–Kier alpha value is -0.160. The average Bonchev–Trinajstić information content (AvgIpc) is 2.28. The Labute approximate surface area is 99.2 Å². The molecular weight excluding hydrogens is 208 g/mol. The molecule has 0 bridgehead atoms. The van der Waals surface area contributed by atoms with Crippen LogP contribution in [0.2, 0.25) is 0 Å². The van der Waals surface area contributed by atoms with Crippen LogP contribution in [-0.4, -0.2) is 45.4 Å². The molecule has 0 aliphatic carbocycles. The van der Waals surface area contributed by atoms with Crippen molar-refractivity contribution >= 4 is 0 Å². The highest BCUT2D eigenvalue weighted by Gasteiger charge is 2.27. The summed E-state index contributed by atoms with van der Waals surface area (Å²) in [6.45, 7) is 8.60. The van der Waals surface area contributed by atoms with E-state index < -0.39 is 0 Å². The van der Waals surface area contributed by atoms with Gasteiger partial charge in [-0.15, -0.1) is 0 Å². The first-order valence-electron chi connectivity index (χ1n) is 5.93. The van der Waals surface area contributed by atoms with E-state index in [0.717, 1.165) is 6.42 Å². The summed E-state index contributed by atoms with van der Waals surface area (Å²) >= 11 is 0. The summed E-state index contributed by atoms with van der Waals surface area (Å²) in [7, 11) is 3.31. The van der Waals surface area contributed by atoms with E-state index in [1.165, 1.54) is 0 Å². The minimum absolute atomic E-state index is 0.0588. The highest BCUT2D eigenvalue weighted by molar-refractivity contribution is 4.75. The van der Waals surface area contributed by atoms with Crippen molar-refractivity contribution in [1.82, 2.24) is 0 Å². The third kappa shape index (κ3) is 5.25. The van der Waals surface area contributed by atoms with Crippen molar-refractivity contribution in [1.29, 1.82) is 0 Å². The van der Waals surface area contributed by atoms with Gasteiger partial charge >= 0.3 is 0 Å². The maximum absolute atomic E-state index is 5.65. The van der Waals surface area contributed by atoms with E-state index >= 15 is 0 Å². The number of rotatable bonds is 9. The molecule has 0 aliphatic heterocycles. The van der Waals surface area contributed by atoms with Gasteiger partial charge in [-0.1, -0.05) is 6.92 Å². The van der Waals surface area contributed by atoms with Gasteiger partial charge in [0.25, 0.3) is 0 Å². The minimum Gasteiger partial charge on any atom is -0.376 e. The largest absolute Gasteiger partial charge is 0.376 e. The Morgan fingerprint density at radius 1 is 1.00 bits per heavy atom. The number of hydrogen-bond acceptors (Lipinski definition) is 4. The molecule has 0 N–H and O–H groups in total. The normalized spacial score (nSPS) is 19.1. The topological polar surface area (TPSA) is 36.9 Å². The molecule has 0 spiro atoms. The molecule has 4 heteroatoms. The summed E-state index contributed by atoms with van der Waals surface area (Å²) in [4.78, 5) is 0. The van der Waals surface area contributed by atoms with Crippen LogP contribution in [0.5, 0.6) is 0 Å². The first kappa shape index (κ1) is 15.8. The van der Waals surface area contributed by atoms with Gasteiger partial charge in [0.2, 0.25) is 0 Å². The zero-order chi connectivity index (χ0) is 12.6. The first-order chi connectivity index (χ1) is 7.60. The van der Waals surface area contributed by atoms with Gasteiger partial charge in [-0.25, -0.2) is 0 Å². The van der Waals surface area contributed by atoms with Crippen LogP contribution >= 0.6 is 0 Å². The Morgan fingerprint density at radius 2 is 1.62 bits per heavy atom.